The van der Waals surface area contributed by atoms with Crippen LogP contribution in [0.2, 0.25) is 5.02 Å². The molecule has 2 rings (SSSR count). The molecule has 21 heavy (non-hydrogen) atoms. The predicted molar refractivity (Wildman–Crippen MR) is 84.7 cm³/mol. The maximum Gasteiger partial charge on any atom is 0.250 e. The van der Waals surface area contributed by atoms with Gasteiger partial charge in [-0.2, -0.15) is 0 Å². The summed E-state index contributed by atoms with van der Waals surface area (Å²) >= 11 is 6.13. The van der Waals surface area contributed by atoms with E-state index < -0.39 is 5.91 Å². The highest BCUT2D eigenvalue weighted by Crippen LogP contribution is 2.28. The van der Waals surface area contributed by atoms with E-state index in [1.54, 1.807) is 12.1 Å². The topological polar surface area (TPSA) is 93.6 Å². The number of amides is 1. The van der Waals surface area contributed by atoms with Crippen LogP contribution in [0.1, 0.15) is 16.8 Å². The van der Waals surface area contributed by atoms with E-state index in [1.807, 2.05) is 0 Å². The summed E-state index contributed by atoms with van der Waals surface area (Å²) < 4.78 is 5.31. The number of hydrogen-bond acceptors (Lipinski definition) is 5. The Kier molecular flexibility index (Phi) is 5.67. The van der Waals surface area contributed by atoms with Gasteiger partial charge in [0.1, 0.15) is 0 Å². The fraction of sp³-hybridized carbons (Fsp3) is 0.500. The lowest BCUT2D eigenvalue weighted by Gasteiger charge is -2.26. The number of rotatable bonds is 6. The van der Waals surface area contributed by atoms with Crippen LogP contribution in [-0.2, 0) is 4.74 Å². The van der Waals surface area contributed by atoms with Crippen molar-refractivity contribution in [2.24, 2.45) is 5.73 Å². The van der Waals surface area contributed by atoms with Crippen molar-refractivity contribution in [1.29, 1.82) is 0 Å². The zero-order valence-corrected chi connectivity index (χ0v) is 12.7. The quantitative estimate of drug-likeness (QED) is 0.541. The van der Waals surface area contributed by atoms with Gasteiger partial charge in [0.15, 0.2) is 0 Å². The molecule has 116 valence electrons. The van der Waals surface area contributed by atoms with Gasteiger partial charge in [-0.15, -0.1) is 0 Å². The lowest BCUT2D eigenvalue weighted by molar-refractivity contribution is 0.0378. The van der Waals surface area contributed by atoms with E-state index in [9.17, 15) is 4.79 Å². The van der Waals surface area contributed by atoms with Crippen LogP contribution in [0.3, 0.4) is 0 Å². The highest BCUT2D eigenvalue weighted by atomic mass is 35.5. The standard InChI is InChI=1S/C14H21ClN4O2/c15-12-9-10(16)8-11(14(17)20)13(12)18-2-1-3-19-4-6-21-7-5-19/h8-9,18H,1-7,16H2,(H2,17,20). The average molecular weight is 313 g/mol. The number of nitrogens with two attached hydrogens (primary N) is 2. The number of hydrogen-bond donors (Lipinski definition) is 3. The molecule has 0 bridgehead atoms. The van der Waals surface area contributed by atoms with Crippen LogP contribution in [0.25, 0.3) is 0 Å². The van der Waals surface area contributed by atoms with Crippen molar-refractivity contribution in [2.75, 3.05) is 50.4 Å². The molecule has 0 atom stereocenters. The van der Waals surface area contributed by atoms with Crippen LogP contribution in [0, 0.1) is 0 Å². The molecule has 5 N–H and O–H groups in total. The summed E-state index contributed by atoms with van der Waals surface area (Å²) in [7, 11) is 0. The van der Waals surface area contributed by atoms with Crippen LogP contribution in [0.15, 0.2) is 12.1 Å². The number of nitrogens with zero attached hydrogens (tertiary/aromatic N) is 1. The minimum Gasteiger partial charge on any atom is -0.399 e. The second-order valence-corrected chi connectivity index (χ2v) is 5.43. The molecule has 0 spiro atoms. The Morgan fingerprint density at radius 2 is 2.10 bits per heavy atom. The number of benzene rings is 1. The van der Waals surface area contributed by atoms with Crippen molar-refractivity contribution in [3.63, 3.8) is 0 Å². The molecule has 1 aromatic rings. The van der Waals surface area contributed by atoms with Gasteiger partial charge in [0.2, 0.25) is 0 Å². The summed E-state index contributed by atoms with van der Waals surface area (Å²) in [6.45, 7) is 5.21. The monoisotopic (exact) mass is 312 g/mol. The lowest BCUT2D eigenvalue weighted by Crippen LogP contribution is -2.37. The highest BCUT2D eigenvalue weighted by molar-refractivity contribution is 6.34. The molecular formula is C14H21ClN4O2. The van der Waals surface area contributed by atoms with Gasteiger partial charge in [-0.1, -0.05) is 11.6 Å². The van der Waals surface area contributed by atoms with Gasteiger partial charge in [0.05, 0.1) is 29.5 Å². The van der Waals surface area contributed by atoms with Crippen molar-refractivity contribution in [1.82, 2.24) is 4.90 Å². The molecule has 6 nitrogen and oxygen atoms in total. The molecule has 1 heterocycles. The van der Waals surface area contributed by atoms with Crippen LogP contribution in [0.5, 0.6) is 0 Å². The van der Waals surface area contributed by atoms with Crippen molar-refractivity contribution < 1.29 is 9.53 Å². The summed E-state index contributed by atoms with van der Waals surface area (Å²) in [5, 5.41) is 3.60. The number of nitrogens with one attached hydrogen (secondary N) is 1. The molecule has 0 radical (unpaired) electrons. The number of anilines is 2. The Hall–Kier alpha value is -1.50. The summed E-state index contributed by atoms with van der Waals surface area (Å²) in [5.74, 6) is -0.542. The van der Waals surface area contributed by atoms with Gasteiger partial charge < -0.3 is 21.5 Å². The van der Waals surface area contributed by atoms with Gasteiger partial charge in [0, 0.05) is 25.3 Å². The Bertz CT molecular complexity index is 504. The third-order valence-electron chi connectivity index (χ3n) is 3.43. The van der Waals surface area contributed by atoms with E-state index in [4.69, 9.17) is 27.8 Å². The molecular weight excluding hydrogens is 292 g/mol. The van der Waals surface area contributed by atoms with E-state index in [0.717, 1.165) is 39.3 Å². The molecule has 0 unspecified atom stereocenters. The Morgan fingerprint density at radius 3 is 2.76 bits per heavy atom. The van der Waals surface area contributed by atoms with Crippen LogP contribution >= 0.6 is 11.6 Å². The van der Waals surface area contributed by atoms with E-state index in [1.165, 1.54) is 0 Å². The molecule has 1 saturated heterocycles. The minimum atomic E-state index is -0.542. The van der Waals surface area contributed by atoms with Gasteiger partial charge in [-0.05, 0) is 25.1 Å². The smallest absolute Gasteiger partial charge is 0.250 e. The first-order chi connectivity index (χ1) is 10.1. The van der Waals surface area contributed by atoms with Crippen LogP contribution < -0.4 is 16.8 Å². The Balaban J connectivity index is 1.89. The SMILES string of the molecule is NC(=O)c1cc(N)cc(Cl)c1NCCCN1CCOCC1. The summed E-state index contributed by atoms with van der Waals surface area (Å²) in [5.41, 5.74) is 12.3. The number of carbonyl (C=O) groups is 1. The Labute approximate surface area is 129 Å². The molecule has 0 aliphatic carbocycles. The number of nitrogen functional groups attached to an aromatic ring is 1. The van der Waals surface area contributed by atoms with Gasteiger partial charge >= 0.3 is 0 Å². The first-order valence-corrected chi connectivity index (χ1v) is 7.38. The number of halogens is 1. The molecule has 1 amide bonds. The number of carbonyl (C=O) groups excluding carboxylic acids is 1. The van der Waals surface area contributed by atoms with Crippen molar-refractivity contribution in [2.45, 2.75) is 6.42 Å². The third-order valence-corrected chi connectivity index (χ3v) is 3.73. The largest absolute Gasteiger partial charge is 0.399 e. The second-order valence-electron chi connectivity index (χ2n) is 5.02. The maximum atomic E-state index is 11.5. The fourth-order valence-corrected chi connectivity index (χ4v) is 2.64. The van der Waals surface area contributed by atoms with E-state index in [2.05, 4.69) is 10.2 Å². The maximum absolute atomic E-state index is 11.5. The number of ether oxygens (including phenoxy) is 1. The fourth-order valence-electron chi connectivity index (χ4n) is 2.34. The highest BCUT2D eigenvalue weighted by Gasteiger charge is 2.13. The molecule has 1 aromatic carbocycles. The minimum absolute atomic E-state index is 0.325. The van der Waals surface area contributed by atoms with Crippen molar-refractivity contribution >= 4 is 28.9 Å². The molecule has 1 fully saturated rings. The second kappa shape index (κ2) is 7.49. The third kappa shape index (κ3) is 4.49. The van der Waals surface area contributed by atoms with Gasteiger partial charge in [-0.25, -0.2) is 0 Å². The number of morpholine rings is 1. The summed E-state index contributed by atoms with van der Waals surface area (Å²) in [6.07, 6.45) is 0.943. The Morgan fingerprint density at radius 1 is 1.38 bits per heavy atom. The lowest BCUT2D eigenvalue weighted by atomic mass is 10.1. The number of primary amides is 1. The molecule has 7 heteroatoms. The van der Waals surface area contributed by atoms with E-state index >= 15 is 0 Å². The average Bonchev–Trinajstić information content (AvgIpc) is 2.45. The summed E-state index contributed by atoms with van der Waals surface area (Å²) in [6, 6.07) is 3.15. The molecule has 0 saturated carbocycles. The van der Waals surface area contributed by atoms with Crippen molar-refractivity contribution in [3.05, 3.63) is 22.7 Å². The molecule has 0 aromatic heterocycles. The zero-order chi connectivity index (χ0) is 15.2. The summed E-state index contributed by atoms with van der Waals surface area (Å²) in [4.78, 5) is 13.8. The first-order valence-electron chi connectivity index (χ1n) is 7.00. The van der Waals surface area contributed by atoms with E-state index in [0.29, 0.717) is 28.5 Å². The van der Waals surface area contributed by atoms with Crippen LogP contribution in [-0.4, -0.2) is 50.2 Å². The van der Waals surface area contributed by atoms with Crippen molar-refractivity contribution in [3.8, 4) is 0 Å². The predicted octanol–water partition coefficient (Wildman–Crippen LogP) is 1.16. The molecule has 1 aliphatic heterocycles. The molecule has 1 aliphatic rings. The van der Waals surface area contributed by atoms with E-state index in [-0.39, 0.29) is 0 Å². The van der Waals surface area contributed by atoms with Gasteiger partial charge in [-0.3, -0.25) is 9.69 Å². The normalized spacial score (nSPS) is 15.9. The first kappa shape index (κ1) is 15.9. The zero-order valence-electron chi connectivity index (χ0n) is 11.9. The van der Waals surface area contributed by atoms with Crippen LogP contribution in [0.4, 0.5) is 11.4 Å². The van der Waals surface area contributed by atoms with Gasteiger partial charge in [0.25, 0.3) is 5.91 Å².